The second-order valence-electron chi connectivity index (χ2n) is 3.84. The molecule has 1 nitrogen and oxygen atoms in total. The Bertz CT molecular complexity index is 298. The molecule has 1 aliphatic rings. The summed E-state index contributed by atoms with van der Waals surface area (Å²) >= 11 is 0. The van der Waals surface area contributed by atoms with E-state index in [0.29, 0.717) is 6.42 Å². The Kier molecular flexibility index (Phi) is 3.14. The van der Waals surface area contributed by atoms with Crippen LogP contribution in [0.15, 0.2) is 24.3 Å². The van der Waals surface area contributed by atoms with Gasteiger partial charge in [0.2, 0.25) is 0 Å². The number of rotatable bonds is 3. The van der Waals surface area contributed by atoms with Gasteiger partial charge in [0.05, 0.1) is 6.67 Å². The van der Waals surface area contributed by atoms with Gasteiger partial charge in [-0.1, -0.05) is 24.3 Å². The van der Waals surface area contributed by atoms with Crippen LogP contribution < -0.4 is 0 Å². The summed E-state index contributed by atoms with van der Waals surface area (Å²) in [6.07, 6.45) is 1.78. The van der Waals surface area contributed by atoms with E-state index in [1.165, 1.54) is 11.1 Å². The van der Waals surface area contributed by atoms with Gasteiger partial charge in [0.15, 0.2) is 0 Å². The van der Waals surface area contributed by atoms with Gasteiger partial charge >= 0.3 is 0 Å². The van der Waals surface area contributed by atoms with Gasteiger partial charge in [-0.05, 0) is 24.0 Å². The first-order valence-electron chi connectivity index (χ1n) is 5.25. The quantitative estimate of drug-likeness (QED) is 0.712. The van der Waals surface area contributed by atoms with Gasteiger partial charge in [-0.15, -0.1) is 0 Å². The van der Waals surface area contributed by atoms with Gasteiger partial charge in [-0.2, -0.15) is 0 Å². The van der Waals surface area contributed by atoms with E-state index in [4.69, 9.17) is 0 Å². The molecule has 0 spiro atoms. The van der Waals surface area contributed by atoms with Crippen LogP contribution in [-0.2, 0) is 13.0 Å². The largest absolute Gasteiger partial charge is 0.299 e. The average Bonchev–Trinajstić information content (AvgIpc) is 2.26. The third kappa shape index (κ3) is 2.13. The molecule has 0 aliphatic carbocycles. The molecular formula is C12H16FN. The van der Waals surface area contributed by atoms with Crippen molar-refractivity contribution < 1.29 is 4.39 Å². The molecule has 0 N–H and O–H groups in total. The summed E-state index contributed by atoms with van der Waals surface area (Å²) in [6, 6.07) is 8.55. The maximum Gasteiger partial charge on any atom is 0.0906 e. The Morgan fingerprint density at radius 3 is 2.79 bits per heavy atom. The van der Waals surface area contributed by atoms with Gasteiger partial charge in [-0.3, -0.25) is 9.29 Å². The average molecular weight is 193 g/mol. The molecule has 2 heteroatoms. The van der Waals surface area contributed by atoms with E-state index in [-0.39, 0.29) is 6.67 Å². The third-order valence-electron chi connectivity index (χ3n) is 2.82. The van der Waals surface area contributed by atoms with Gasteiger partial charge in [-0.25, -0.2) is 0 Å². The zero-order valence-corrected chi connectivity index (χ0v) is 8.38. The van der Waals surface area contributed by atoms with Crippen LogP contribution in [0.3, 0.4) is 0 Å². The second kappa shape index (κ2) is 4.56. The summed E-state index contributed by atoms with van der Waals surface area (Å²) in [4.78, 5) is 2.34. The number of alkyl halides is 1. The molecule has 0 radical (unpaired) electrons. The Morgan fingerprint density at radius 1 is 1.21 bits per heavy atom. The van der Waals surface area contributed by atoms with Crippen molar-refractivity contribution in [3.05, 3.63) is 35.4 Å². The van der Waals surface area contributed by atoms with Gasteiger partial charge in [0, 0.05) is 19.6 Å². The Labute approximate surface area is 84.5 Å². The third-order valence-corrected chi connectivity index (χ3v) is 2.82. The fraction of sp³-hybridized carbons (Fsp3) is 0.500. The number of benzene rings is 1. The van der Waals surface area contributed by atoms with Crippen LogP contribution in [0.5, 0.6) is 0 Å². The Hall–Kier alpha value is -0.890. The zero-order valence-electron chi connectivity index (χ0n) is 8.38. The monoisotopic (exact) mass is 193 g/mol. The van der Waals surface area contributed by atoms with Crippen molar-refractivity contribution in [3.8, 4) is 0 Å². The van der Waals surface area contributed by atoms with E-state index in [2.05, 4.69) is 29.2 Å². The fourth-order valence-corrected chi connectivity index (χ4v) is 2.03. The number of fused-ring (bicyclic) bond motifs is 1. The Morgan fingerprint density at radius 2 is 2.00 bits per heavy atom. The summed E-state index contributed by atoms with van der Waals surface area (Å²) in [5, 5.41) is 0. The summed E-state index contributed by atoms with van der Waals surface area (Å²) in [6.45, 7) is 2.77. The number of hydrogen-bond donors (Lipinski definition) is 0. The van der Waals surface area contributed by atoms with Crippen molar-refractivity contribution in [1.29, 1.82) is 0 Å². The van der Waals surface area contributed by atoms with E-state index in [9.17, 15) is 4.39 Å². The smallest absolute Gasteiger partial charge is 0.0906 e. The first-order chi connectivity index (χ1) is 6.90. The number of halogens is 1. The van der Waals surface area contributed by atoms with Crippen molar-refractivity contribution in [1.82, 2.24) is 4.90 Å². The molecule has 76 valence electrons. The minimum Gasteiger partial charge on any atom is -0.299 e. The lowest BCUT2D eigenvalue weighted by Gasteiger charge is -2.28. The number of nitrogens with zero attached hydrogens (tertiary/aromatic N) is 1. The first kappa shape index (κ1) is 9.66. The van der Waals surface area contributed by atoms with Crippen LogP contribution in [0.4, 0.5) is 4.39 Å². The molecule has 0 bridgehead atoms. The summed E-state index contributed by atoms with van der Waals surface area (Å²) in [5.41, 5.74) is 2.88. The highest BCUT2D eigenvalue weighted by atomic mass is 19.1. The predicted octanol–water partition coefficient (Wildman–Crippen LogP) is 2.40. The predicted molar refractivity (Wildman–Crippen MR) is 56.0 cm³/mol. The minimum absolute atomic E-state index is 0.196. The van der Waals surface area contributed by atoms with Gasteiger partial charge in [0.25, 0.3) is 0 Å². The molecule has 2 rings (SSSR count). The van der Waals surface area contributed by atoms with Crippen molar-refractivity contribution in [2.24, 2.45) is 0 Å². The summed E-state index contributed by atoms with van der Waals surface area (Å²) in [5.74, 6) is 0. The topological polar surface area (TPSA) is 3.24 Å². The minimum atomic E-state index is -0.196. The van der Waals surface area contributed by atoms with Crippen molar-refractivity contribution in [2.75, 3.05) is 19.8 Å². The standard InChI is InChI=1S/C12H16FN/c13-7-3-8-14-9-6-11-4-1-2-5-12(11)10-14/h1-2,4-5H,3,6-10H2. The fourth-order valence-electron chi connectivity index (χ4n) is 2.03. The van der Waals surface area contributed by atoms with Gasteiger partial charge < -0.3 is 0 Å². The van der Waals surface area contributed by atoms with E-state index in [1.807, 2.05) is 0 Å². The molecule has 0 aromatic heterocycles. The molecule has 1 aromatic carbocycles. The first-order valence-corrected chi connectivity index (χ1v) is 5.25. The lowest BCUT2D eigenvalue weighted by atomic mass is 10.00. The molecular weight excluding hydrogens is 177 g/mol. The van der Waals surface area contributed by atoms with Crippen LogP contribution in [0.2, 0.25) is 0 Å². The van der Waals surface area contributed by atoms with E-state index in [0.717, 1.165) is 26.1 Å². The second-order valence-corrected chi connectivity index (χ2v) is 3.84. The SMILES string of the molecule is FCCCN1CCc2ccccc2C1. The maximum absolute atomic E-state index is 12.0. The molecule has 0 saturated heterocycles. The zero-order chi connectivity index (χ0) is 9.80. The molecule has 0 unspecified atom stereocenters. The molecule has 1 heterocycles. The summed E-state index contributed by atoms with van der Waals surface area (Å²) in [7, 11) is 0. The van der Waals surface area contributed by atoms with Crippen LogP contribution >= 0.6 is 0 Å². The van der Waals surface area contributed by atoms with Gasteiger partial charge in [0.1, 0.15) is 0 Å². The van der Waals surface area contributed by atoms with Crippen LogP contribution in [0, 0.1) is 0 Å². The van der Waals surface area contributed by atoms with Crippen LogP contribution in [0.25, 0.3) is 0 Å². The number of hydrogen-bond acceptors (Lipinski definition) is 1. The summed E-state index contributed by atoms with van der Waals surface area (Å²) < 4.78 is 12.0. The Balaban J connectivity index is 1.99. The molecule has 0 amide bonds. The van der Waals surface area contributed by atoms with Crippen molar-refractivity contribution >= 4 is 0 Å². The van der Waals surface area contributed by atoms with E-state index in [1.54, 1.807) is 0 Å². The van der Waals surface area contributed by atoms with Crippen LogP contribution in [0.1, 0.15) is 17.5 Å². The van der Waals surface area contributed by atoms with E-state index < -0.39 is 0 Å². The molecule has 0 fully saturated rings. The molecule has 14 heavy (non-hydrogen) atoms. The van der Waals surface area contributed by atoms with E-state index >= 15 is 0 Å². The molecule has 0 atom stereocenters. The maximum atomic E-state index is 12.0. The van der Waals surface area contributed by atoms with Crippen molar-refractivity contribution in [2.45, 2.75) is 19.4 Å². The normalized spacial score (nSPS) is 16.6. The molecule has 1 aromatic rings. The highest BCUT2D eigenvalue weighted by molar-refractivity contribution is 5.28. The highest BCUT2D eigenvalue weighted by Crippen LogP contribution is 2.18. The lowest BCUT2D eigenvalue weighted by Crippen LogP contribution is -2.31. The van der Waals surface area contributed by atoms with Crippen LogP contribution in [-0.4, -0.2) is 24.7 Å². The molecule has 1 aliphatic heterocycles. The van der Waals surface area contributed by atoms with Crippen molar-refractivity contribution in [3.63, 3.8) is 0 Å². The molecule has 0 saturated carbocycles. The highest BCUT2D eigenvalue weighted by Gasteiger charge is 2.14. The lowest BCUT2D eigenvalue weighted by molar-refractivity contribution is 0.241.